The summed E-state index contributed by atoms with van der Waals surface area (Å²) >= 11 is 0. The van der Waals surface area contributed by atoms with E-state index in [-0.39, 0.29) is 18.3 Å². The molecule has 6 heteroatoms. The van der Waals surface area contributed by atoms with E-state index in [9.17, 15) is 18.7 Å². The van der Waals surface area contributed by atoms with Crippen molar-refractivity contribution in [3.8, 4) is 5.75 Å². The second-order valence-electron chi connectivity index (χ2n) is 4.54. The lowest BCUT2D eigenvalue weighted by atomic mass is 9.82. The van der Waals surface area contributed by atoms with Crippen molar-refractivity contribution in [2.45, 2.75) is 32.3 Å². The number of amides is 1. The van der Waals surface area contributed by atoms with Crippen LogP contribution in [0.25, 0.3) is 0 Å². The number of nitrogens with two attached hydrogens (primary N) is 1. The summed E-state index contributed by atoms with van der Waals surface area (Å²) in [4.78, 5) is 11.4. The van der Waals surface area contributed by atoms with E-state index in [2.05, 4.69) is 4.74 Å². The highest BCUT2D eigenvalue weighted by Crippen LogP contribution is 2.31. The van der Waals surface area contributed by atoms with Gasteiger partial charge in [-0.2, -0.15) is 8.78 Å². The summed E-state index contributed by atoms with van der Waals surface area (Å²) in [6, 6.07) is 6.16. The molecule has 112 valence electrons. The summed E-state index contributed by atoms with van der Waals surface area (Å²) in [7, 11) is 0. The average molecular weight is 287 g/mol. The Balaban J connectivity index is 3.04. The molecule has 4 nitrogen and oxygen atoms in total. The molecule has 0 saturated heterocycles. The van der Waals surface area contributed by atoms with E-state index < -0.39 is 18.4 Å². The third-order valence-corrected chi connectivity index (χ3v) is 3.16. The molecule has 1 unspecified atom stereocenters. The molecule has 0 radical (unpaired) electrons. The molecule has 0 aliphatic heterocycles. The summed E-state index contributed by atoms with van der Waals surface area (Å²) < 4.78 is 28.8. The lowest BCUT2D eigenvalue weighted by Gasteiger charge is -2.23. The van der Waals surface area contributed by atoms with Crippen molar-refractivity contribution < 1.29 is 23.4 Å². The van der Waals surface area contributed by atoms with Crippen LogP contribution in [0.3, 0.4) is 0 Å². The molecule has 0 fully saturated rings. The Labute approximate surface area is 116 Å². The summed E-state index contributed by atoms with van der Waals surface area (Å²) in [5, 5.41) is 9.32. The average Bonchev–Trinajstić information content (AvgIpc) is 2.37. The van der Waals surface area contributed by atoms with Crippen molar-refractivity contribution in [3.05, 3.63) is 29.8 Å². The molecule has 0 bridgehead atoms. The van der Waals surface area contributed by atoms with E-state index in [0.717, 1.165) is 6.42 Å². The van der Waals surface area contributed by atoms with Gasteiger partial charge in [0.2, 0.25) is 5.91 Å². The van der Waals surface area contributed by atoms with Gasteiger partial charge in [-0.05, 0) is 30.0 Å². The Kier molecular flexibility index (Phi) is 6.38. The third kappa shape index (κ3) is 4.45. The fourth-order valence-corrected chi connectivity index (χ4v) is 2.25. The number of ether oxygens (including phenoxy) is 1. The molecule has 0 heterocycles. The fraction of sp³-hybridized carbons (Fsp3) is 0.500. The molecule has 1 amide bonds. The minimum absolute atomic E-state index is 0.0276. The van der Waals surface area contributed by atoms with Crippen LogP contribution in [0.2, 0.25) is 0 Å². The van der Waals surface area contributed by atoms with Crippen molar-refractivity contribution in [1.82, 2.24) is 0 Å². The Morgan fingerprint density at radius 1 is 1.45 bits per heavy atom. The van der Waals surface area contributed by atoms with E-state index >= 15 is 0 Å². The van der Waals surface area contributed by atoms with E-state index in [4.69, 9.17) is 5.73 Å². The van der Waals surface area contributed by atoms with Crippen LogP contribution >= 0.6 is 0 Å². The van der Waals surface area contributed by atoms with Gasteiger partial charge in [0.15, 0.2) is 0 Å². The lowest BCUT2D eigenvalue weighted by molar-refractivity contribution is -0.123. The zero-order valence-corrected chi connectivity index (χ0v) is 11.3. The van der Waals surface area contributed by atoms with Crippen LogP contribution < -0.4 is 10.5 Å². The first-order valence-electron chi connectivity index (χ1n) is 6.44. The Bertz CT molecular complexity index is 440. The second kappa shape index (κ2) is 7.79. The maximum Gasteiger partial charge on any atom is 0.387 e. The number of aliphatic hydroxyl groups excluding tert-OH is 1. The predicted octanol–water partition coefficient (Wildman–Crippen LogP) is 2.27. The number of halogens is 2. The highest BCUT2D eigenvalue weighted by Gasteiger charge is 2.27. The number of alkyl halides is 2. The minimum Gasteiger partial charge on any atom is -0.435 e. The lowest BCUT2D eigenvalue weighted by Crippen LogP contribution is -2.31. The van der Waals surface area contributed by atoms with E-state index in [1.165, 1.54) is 12.1 Å². The van der Waals surface area contributed by atoms with Gasteiger partial charge >= 0.3 is 6.61 Å². The van der Waals surface area contributed by atoms with E-state index in [0.29, 0.717) is 12.0 Å². The van der Waals surface area contributed by atoms with Gasteiger partial charge in [0.25, 0.3) is 0 Å². The number of hydrogen-bond acceptors (Lipinski definition) is 3. The number of primary amides is 1. The van der Waals surface area contributed by atoms with Gasteiger partial charge in [0.05, 0.1) is 12.5 Å². The zero-order chi connectivity index (χ0) is 15.1. The van der Waals surface area contributed by atoms with Gasteiger partial charge in [0, 0.05) is 0 Å². The largest absolute Gasteiger partial charge is 0.435 e. The Morgan fingerprint density at radius 3 is 2.65 bits per heavy atom. The molecule has 3 N–H and O–H groups in total. The van der Waals surface area contributed by atoms with Crippen LogP contribution in [0.5, 0.6) is 5.75 Å². The molecule has 0 aromatic heterocycles. The van der Waals surface area contributed by atoms with Crippen LogP contribution in [0.15, 0.2) is 24.3 Å². The molecular weight excluding hydrogens is 268 g/mol. The highest BCUT2D eigenvalue weighted by molar-refractivity contribution is 5.78. The SMILES string of the molecule is CCC[C@H](c1cccc(OC(F)F)c1)C(CO)C(N)=O. The molecule has 0 saturated carbocycles. The van der Waals surface area contributed by atoms with Crippen LogP contribution in [-0.2, 0) is 4.79 Å². The van der Waals surface area contributed by atoms with E-state index in [1.807, 2.05) is 6.92 Å². The first-order valence-corrected chi connectivity index (χ1v) is 6.44. The molecule has 1 aromatic carbocycles. The monoisotopic (exact) mass is 287 g/mol. The first kappa shape index (κ1) is 16.4. The van der Waals surface area contributed by atoms with Crippen molar-refractivity contribution in [2.24, 2.45) is 11.7 Å². The smallest absolute Gasteiger partial charge is 0.387 e. The van der Waals surface area contributed by atoms with Gasteiger partial charge in [-0.25, -0.2) is 0 Å². The number of hydrogen-bond donors (Lipinski definition) is 2. The van der Waals surface area contributed by atoms with Crippen LogP contribution in [0.4, 0.5) is 8.78 Å². The number of carbonyl (C=O) groups is 1. The molecule has 1 aromatic rings. The molecule has 20 heavy (non-hydrogen) atoms. The normalized spacial score (nSPS) is 14.1. The second-order valence-corrected chi connectivity index (χ2v) is 4.54. The topological polar surface area (TPSA) is 72.6 Å². The van der Waals surface area contributed by atoms with Gasteiger partial charge in [-0.1, -0.05) is 25.5 Å². The number of benzene rings is 1. The number of rotatable bonds is 8. The maximum absolute atomic E-state index is 12.2. The molecular formula is C14H19F2NO3. The summed E-state index contributed by atoms with van der Waals surface area (Å²) in [5.41, 5.74) is 5.94. The van der Waals surface area contributed by atoms with Crippen molar-refractivity contribution >= 4 is 5.91 Å². The summed E-state index contributed by atoms with van der Waals surface area (Å²) in [6.45, 7) is -1.35. The molecule has 0 aliphatic rings. The summed E-state index contributed by atoms with van der Waals surface area (Å²) in [6.07, 6.45) is 1.39. The van der Waals surface area contributed by atoms with Crippen molar-refractivity contribution in [1.29, 1.82) is 0 Å². The standard InChI is InChI=1S/C14H19F2NO3/c1-2-4-11(12(8-18)13(17)19)9-5-3-6-10(7-9)20-14(15)16/h3,5-7,11-12,14,18H,2,4,8H2,1H3,(H2,17,19)/t11-,12?/m1/s1. The van der Waals surface area contributed by atoms with Crippen LogP contribution in [0, 0.1) is 5.92 Å². The quantitative estimate of drug-likeness (QED) is 0.770. The van der Waals surface area contributed by atoms with E-state index in [1.54, 1.807) is 12.1 Å². The first-order chi connectivity index (χ1) is 9.49. The summed E-state index contributed by atoms with van der Waals surface area (Å²) in [5.74, 6) is -1.63. The van der Waals surface area contributed by atoms with Crippen molar-refractivity contribution in [2.75, 3.05) is 6.61 Å². The molecule has 0 aliphatic carbocycles. The zero-order valence-electron chi connectivity index (χ0n) is 11.3. The third-order valence-electron chi connectivity index (χ3n) is 3.16. The highest BCUT2D eigenvalue weighted by atomic mass is 19.3. The minimum atomic E-state index is -2.90. The Hall–Kier alpha value is -1.69. The number of aliphatic hydroxyl groups is 1. The Morgan fingerprint density at radius 2 is 2.15 bits per heavy atom. The fourth-order valence-electron chi connectivity index (χ4n) is 2.25. The molecule has 1 rings (SSSR count). The predicted molar refractivity (Wildman–Crippen MR) is 70.5 cm³/mol. The molecule has 0 spiro atoms. The van der Waals surface area contributed by atoms with Crippen LogP contribution in [-0.4, -0.2) is 24.2 Å². The number of carbonyl (C=O) groups excluding carboxylic acids is 1. The van der Waals surface area contributed by atoms with Crippen LogP contribution in [0.1, 0.15) is 31.2 Å². The maximum atomic E-state index is 12.2. The van der Waals surface area contributed by atoms with Gasteiger partial charge in [0.1, 0.15) is 5.75 Å². The van der Waals surface area contributed by atoms with Gasteiger partial charge < -0.3 is 15.6 Å². The van der Waals surface area contributed by atoms with Gasteiger partial charge in [-0.15, -0.1) is 0 Å². The molecule has 2 atom stereocenters. The van der Waals surface area contributed by atoms with Crippen molar-refractivity contribution in [3.63, 3.8) is 0 Å². The van der Waals surface area contributed by atoms with Gasteiger partial charge in [-0.3, -0.25) is 4.79 Å².